The van der Waals surface area contributed by atoms with E-state index in [0.29, 0.717) is 16.3 Å². The van der Waals surface area contributed by atoms with Crippen LogP contribution in [0.1, 0.15) is 18.9 Å². The summed E-state index contributed by atoms with van der Waals surface area (Å²) in [6.45, 7) is 2.88. The van der Waals surface area contributed by atoms with Crippen LogP contribution in [0.3, 0.4) is 0 Å². The van der Waals surface area contributed by atoms with Crippen LogP contribution in [-0.2, 0) is 22.3 Å². The van der Waals surface area contributed by atoms with Crippen LogP contribution >= 0.6 is 23.4 Å². The molecule has 2 heterocycles. The predicted octanol–water partition coefficient (Wildman–Crippen LogP) is 4.59. The topological polar surface area (TPSA) is 90.9 Å². The minimum Gasteiger partial charge on any atom is -0.319 e. The fourth-order valence-electron chi connectivity index (χ4n) is 3.27. The number of thioether (sulfide) groups is 1. The minimum atomic E-state index is -3.77. The van der Waals surface area contributed by atoms with Gasteiger partial charge in [0, 0.05) is 28.9 Å². The van der Waals surface area contributed by atoms with Crippen LogP contribution < -0.4 is 5.14 Å². The van der Waals surface area contributed by atoms with Crippen molar-refractivity contribution in [1.29, 1.82) is 0 Å². The minimum absolute atomic E-state index is 0.0654. The molecule has 0 fully saturated rings. The average molecular weight is 447 g/mol. The van der Waals surface area contributed by atoms with Gasteiger partial charge in [0.05, 0.1) is 21.4 Å². The maximum Gasteiger partial charge on any atom is 0.238 e. The van der Waals surface area contributed by atoms with Gasteiger partial charge in [-0.2, -0.15) is 0 Å². The number of rotatable bonds is 6. The van der Waals surface area contributed by atoms with Gasteiger partial charge in [-0.05, 0) is 48.4 Å². The number of hydrogen-bond acceptors (Lipinski definition) is 5. The summed E-state index contributed by atoms with van der Waals surface area (Å²) in [5.74, 6) is 0.666. The van der Waals surface area contributed by atoms with E-state index in [1.165, 1.54) is 12.1 Å². The number of aryl methyl sites for hydroxylation is 1. The molecule has 4 rings (SSSR count). The second-order valence-corrected chi connectivity index (χ2v) is 9.55. The molecular formula is C20H19ClN4O2S2. The normalized spacial score (nSPS) is 12.1. The molecule has 29 heavy (non-hydrogen) atoms. The van der Waals surface area contributed by atoms with Crippen LogP contribution in [0.25, 0.3) is 21.9 Å². The lowest BCUT2D eigenvalue weighted by Gasteiger charge is -2.09. The quantitative estimate of drug-likeness (QED) is 0.437. The lowest BCUT2D eigenvalue weighted by molar-refractivity contribution is 0.598. The number of nitrogens with zero attached hydrogens (tertiary/aromatic N) is 3. The number of fused-ring (bicyclic) bond motifs is 2. The second-order valence-electron chi connectivity index (χ2n) is 6.64. The number of aromatic nitrogens is 3. The van der Waals surface area contributed by atoms with Gasteiger partial charge in [0.15, 0.2) is 5.16 Å². The van der Waals surface area contributed by atoms with E-state index in [-0.39, 0.29) is 4.90 Å². The molecule has 0 spiro atoms. The first-order valence-corrected chi connectivity index (χ1v) is 12.0. The molecule has 2 aromatic carbocycles. The number of pyridine rings is 1. The molecule has 2 aromatic heterocycles. The summed E-state index contributed by atoms with van der Waals surface area (Å²) >= 11 is 7.88. The monoisotopic (exact) mass is 446 g/mol. The van der Waals surface area contributed by atoms with Gasteiger partial charge >= 0.3 is 0 Å². The van der Waals surface area contributed by atoms with E-state index in [9.17, 15) is 8.42 Å². The van der Waals surface area contributed by atoms with Crippen molar-refractivity contribution < 1.29 is 8.42 Å². The van der Waals surface area contributed by atoms with Gasteiger partial charge in [0.2, 0.25) is 10.0 Å². The fourth-order valence-corrected chi connectivity index (χ4v) is 5.04. The Kier molecular flexibility index (Phi) is 5.52. The maximum absolute atomic E-state index is 11.7. The molecular weight excluding hydrogens is 428 g/mol. The average Bonchev–Trinajstić information content (AvgIpc) is 3.04. The molecule has 0 saturated heterocycles. The van der Waals surface area contributed by atoms with Crippen molar-refractivity contribution in [2.45, 2.75) is 35.7 Å². The third-order valence-corrected chi connectivity index (χ3v) is 6.88. The molecule has 0 amide bonds. The van der Waals surface area contributed by atoms with Crippen molar-refractivity contribution >= 4 is 55.3 Å². The van der Waals surface area contributed by atoms with E-state index in [4.69, 9.17) is 16.7 Å². The molecule has 0 radical (unpaired) electrons. The van der Waals surface area contributed by atoms with Crippen molar-refractivity contribution in [3.8, 4) is 0 Å². The lowest BCUT2D eigenvalue weighted by Crippen LogP contribution is -2.11. The summed E-state index contributed by atoms with van der Waals surface area (Å²) in [5.41, 5.74) is 3.45. The van der Waals surface area contributed by atoms with E-state index < -0.39 is 10.0 Å². The highest BCUT2D eigenvalue weighted by molar-refractivity contribution is 7.98. The van der Waals surface area contributed by atoms with Gasteiger partial charge in [-0.1, -0.05) is 36.4 Å². The molecule has 9 heteroatoms. The van der Waals surface area contributed by atoms with Crippen LogP contribution in [0, 0.1) is 0 Å². The third-order valence-electron chi connectivity index (χ3n) is 4.62. The summed E-state index contributed by atoms with van der Waals surface area (Å²) in [7, 11) is -3.77. The third kappa shape index (κ3) is 3.98. The first-order chi connectivity index (χ1) is 13.9. The van der Waals surface area contributed by atoms with Gasteiger partial charge < -0.3 is 4.57 Å². The van der Waals surface area contributed by atoms with Gasteiger partial charge in [-0.25, -0.2) is 18.5 Å². The van der Waals surface area contributed by atoms with Crippen molar-refractivity contribution in [3.05, 3.63) is 59.2 Å². The Morgan fingerprint density at radius 2 is 2.03 bits per heavy atom. The zero-order chi connectivity index (χ0) is 20.6. The number of primary sulfonamides is 1. The first-order valence-electron chi connectivity index (χ1n) is 9.06. The molecule has 2 N–H and O–H groups in total. The van der Waals surface area contributed by atoms with E-state index in [1.54, 1.807) is 24.0 Å². The Morgan fingerprint density at radius 1 is 1.21 bits per heavy atom. The highest BCUT2D eigenvalue weighted by atomic mass is 35.5. The van der Waals surface area contributed by atoms with Crippen molar-refractivity contribution in [3.63, 3.8) is 0 Å². The second kappa shape index (κ2) is 7.95. The number of sulfonamides is 1. The maximum atomic E-state index is 11.7. The van der Waals surface area contributed by atoms with E-state index in [1.807, 2.05) is 24.3 Å². The summed E-state index contributed by atoms with van der Waals surface area (Å²) in [6, 6.07) is 12.5. The Balaban J connectivity index is 1.72. The first kappa shape index (κ1) is 20.2. The van der Waals surface area contributed by atoms with Gasteiger partial charge in [-0.15, -0.1) is 0 Å². The molecule has 4 aromatic rings. The van der Waals surface area contributed by atoms with Crippen LogP contribution in [0.15, 0.2) is 58.7 Å². The lowest BCUT2D eigenvalue weighted by atomic mass is 10.1. The Bertz CT molecular complexity index is 1320. The summed E-state index contributed by atoms with van der Waals surface area (Å²) < 4.78 is 25.5. The van der Waals surface area contributed by atoms with Crippen LogP contribution in [-0.4, -0.2) is 23.0 Å². The van der Waals surface area contributed by atoms with E-state index in [0.717, 1.165) is 40.1 Å². The molecule has 0 bridgehead atoms. The SMILES string of the molecule is CCCn1c(SCc2ccc(Cl)c3cccnc23)nc2cc(S(N)(=O)=O)ccc21. The highest BCUT2D eigenvalue weighted by Crippen LogP contribution is 2.32. The molecule has 0 aliphatic heterocycles. The van der Waals surface area contributed by atoms with Crippen LogP contribution in [0.4, 0.5) is 0 Å². The summed E-state index contributed by atoms with van der Waals surface area (Å²) in [5, 5.41) is 7.69. The fraction of sp³-hybridized carbons (Fsp3) is 0.200. The van der Waals surface area contributed by atoms with E-state index in [2.05, 4.69) is 21.5 Å². The smallest absolute Gasteiger partial charge is 0.238 e. The Morgan fingerprint density at radius 3 is 2.79 bits per heavy atom. The van der Waals surface area contributed by atoms with Gasteiger partial charge in [-0.3, -0.25) is 4.98 Å². The number of benzene rings is 2. The zero-order valence-electron chi connectivity index (χ0n) is 15.7. The standard InChI is InChI=1S/C20H19ClN4O2S2/c1-2-10-25-18-8-6-14(29(22,26)27)11-17(18)24-20(25)28-12-13-5-7-16(21)15-4-3-9-23-19(13)15/h3-9,11H,2,10,12H2,1H3,(H2,22,26,27). The Hall–Kier alpha value is -2.13. The molecule has 0 saturated carbocycles. The summed E-state index contributed by atoms with van der Waals surface area (Å²) in [4.78, 5) is 9.23. The van der Waals surface area contributed by atoms with Crippen LogP contribution in [0.2, 0.25) is 5.02 Å². The zero-order valence-corrected chi connectivity index (χ0v) is 18.1. The van der Waals surface area contributed by atoms with Gasteiger partial charge in [0.1, 0.15) is 0 Å². The molecule has 0 aliphatic carbocycles. The van der Waals surface area contributed by atoms with Crippen LogP contribution in [0.5, 0.6) is 0 Å². The molecule has 150 valence electrons. The predicted molar refractivity (Wildman–Crippen MR) is 118 cm³/mol. The number of imidazole rings is 1. The Labute approximate surface area is 178 Å². The molecule has 0 atom stereocenters. The number of nitrogens with two attached hydrogens (primary N) is 1. The highest BCUT2D eigenvalue weighted by Gasteiger charge is 2.16. The van der Waals surface area contributed by atoms with E-state index >= 15 is 0 Å². The molecule has 0 aliphatic rings. The number of hydrogen-bond donors (Lipinski definition) is 1. The van der Waals surface area contributed by atoms with Crippen molar-refractivity contribution in [1.82, 2.24) is 14.5 Å². The van der Waals surface area contributed by atoms with Crippen molar-refractivity contribution in [2.24, 2.45) is 5.14 Å². The number of halogens is 1. The van der Waals surface area contributed by atoms with Gasteiger partial charge in [0.25, 0.3) is 0 Å². The van der Waals surface area contributed by atoms with Crippen molar-refractivity contribution in [2.75, 3.05) is 0 Å². The molecule has 6 nitrogen and oxygen atoms in total. The molecule has 0 unspecified atom stereocenters. The summed E-state index contributed by atoms with van der Waals surface area (Å²) in [6.07, 6.45) is 2.69. The largest absolute Gasteiger partial charge is 0.319 e.